The topological polar surface area (TPSA) is 201 Å². The third-order valence-electron chi connectivity index (χ3n) is 6.59. The standard InChI is InChI=1S/C28H37N3O11/c1-17(33)40-16-18-6-7-21(41-27-14-20(34)28(39)22(15-32)42-27)19(13-18)30-24(36)10-11-29-23(35)5-3-2-4-12-31-25(37)8-9-26(31)38/h6-9,13,20,22,27-28,32,34,39H,2-5,10-12,14-16H2,1H3,(H,29,35)(H,30,36)/t20-,22-,27-,28-/m1/s1. The van der Waals surface area contributed by atoms with E-state index >= 15 is 0 Å². The number of hydrogen-bond acceptors (Lipinski definition) is 11. The molecule has 2 aliphatic rings. The molecular weight excluding hydrogens is 554 g/mol. The van der Waals surface area contributed by atoms with Crippen LogP contribution in [-0.2, 0) is 40.1 Å². The van der Waals surface area contributed by atoms with Gasteiger partial charge in [0.05, 0.1) is 18.4 Å². The summed E-state index contributed by atoms with van der Waals surface area (Å²) in [7, 11) is 0. The Bertz CT molecular complexity index is 1150. The fourth-order valence-corrected chi connectivity index (χ4v) is 4.34. The van der Waals surface area contributed by atoms with E-state index in [1.54, 1.807) is 12.1 Å². The Hall–Kier alpha value is -3.85. The molecule has 4 amide bonds. The first-order chi connectivity index (χ1) is 20.1. The van der Waals surface area contributed by atoms with Gasteiger partial charge in [-0.05, 0) is 30.5 Å². The van der Waals surface area contributed by atoms with Gasteiger partial charge in [-0.2, -0.15) is 0 Å². The molecule has 1 aromatic carbocycles. The maximum atomic E-state index is 12.7. The average Bonchev–Trinajstić information content (AvgIpc) is 3.26. The first-order valence-corrected chi connectivity index (χ1v) is 13.7. The van der Waals surface area contributed by atoms with Gasteiger partial charge in [-0.25, -0.2) is 0 Å². The van der Waals surface area contributed by atoms with Crippen molar-refractivity contribution in [3.63, 3.8) is 0 Å². The Morgan fingerprint density at radius 2 is 1.79 bits per heavy atom. The molecule has 5 N–H and O–H groups in total. The van der Waals surface area contributed by atoms with Gasteiger partial charge in [0, 0.05) is 51.4 Å². The molecule has 2 aliphatic heterocycles. The van der Waals surface area contributed by atoms with Crippen molar-refractivity contribution in [3.8, 4) is 5.75 Å². The zero-order valence-corrected chi connectivity index (χ0v) is 23.3. The molecule has 1 saturated heterocycles. The maximum Gasteiger partial charge on any atom is 0.302 e. The zero-order valence-electron chi connectivity index (χ0n) is 23.3. The number of benzene rings is 1. The van der Waals surface area contributed by atoms with Gasteiger partial charge in [0.15, 0.2) is 0 Å². The molecule has 3 rings (SSSR count). The Morgan fingerprint density at radius 3 is 2.48 bits per heavy atom. The number of anilines is 1. The Kier molecular flexibility index (Phi) is 12.4. The van der Waals surface area contributed by atoms with Crippen LogP contribution in [0.15, 0.2) is 30.4 Å². The summed E-state index contributed by atoms with van der Waals surface area (Å²) in [6.07, 6.45) is -0.203. The van der Waals surface area contributed by atoms with Crippen molar-refractivity contribution in [2.75, 3.05) is 25.0 Å². The van der Waals surface area contributed by atoms with Gasteiger partial charge in [0.1, 0.15) is 24.6 Å². The van der Waals surface area contributed by atoms with Crippen molar-refractivity contribution in [2.24, 2.45) is 0 Å². The van der Waals surface area contributed by atoms with Crippen LogP contribution in [0, 0.1) is 0 Å². The summed E-state index contributed by atoms with van der Waals surface area (Å²) in [6, 6.07) is 4.69. The number of amides is 4. The number of rotatable bonds is 15. The SMILES string of the molecule is CC(=O)OCc1ccc(O[C@H]2C[C@@H](O)[C@@H](O)[C@@H](CO)O2)c(NC(=O)CCNC(=O)CCCCCN2C(=O)C=CC2=O)c1. The van der Waals surface area contributed by atoms with E-state index in [2.05, 4.69) is 10.6 Å². The highest BCUT2D eigenvalue weighted by atomic mass is 16.7. The molecule has 1 fully saturated rings. The van der Waals surface area contributed by atoms with Crippen LogP contribution < -0.4 is 15.4 Å². The van der Waals surface area contributed by atoms with Crippen LogP contribution in [0.25, 0.3) is 0 Å². The second kappa shape index (κ2) is 16.0. The van der Waals surface area contributed by atoms with E-state index in [0.717, 1.165) is 4.90 Å². The van der Waals surface area contributed by atoms with Gasteiger partial charge in [-0.15, -0.1) is 0 Å². The number of carbonyl (C=O) groups excluding carboxylic acids is 5. The molecule has 14 nitrogen and oxygen atoms in total. The number of hydrogen-bond donors (Lipinski definition) is 5. The van der Waals surface area contributed by atoms with Gasteiger partial charge < -0.3 is 40.2 Å². The minimum atomic E-state index is -1.28. The summed E-state index contributed by atoms with van der Waals surface area (Å²) in [5.41, 5.74) is 0.787. The predicted molar refractivity (Wildman–Crippen MR) is 146 cm³/mol. The Balaban J connectivity index is 1.47. The first kappa shape index (κ1) is 32.7. The van der Waals surface area contributed by atoms with Crippen molar-refractivity contribution >= 4 is 35.3 Å². The number of esters is 1. The van der Waals surface area contributed by atoms with Crippen LogP contribution in [0.5, 0.6) is 5.75 Å². The van der Waals surface area contributed by atoms with Gasteiger partial charge in [0.25, 0.3) is 11.8 Å². The summed E-state index contributed by atoms with van der Waals surface area (Å²) in [6.45, 7) is 1.06. The van der Waals surface area contributed by atoms with E-state index in [1.807, 2.05) is 0 Å². The number of imide groups is 1. The van der Waals surface area contributed by atoms with Crippen molar-refractivity contribution < 1.29 is 53.5 Å². The number of nitrogens with zero attached hydrogens (tertiary/aromatic N) is 1. The molecule has 1 aromatic rings. The molecule has 4 atom stereocenters. The van der Waals surface area contributed by atoms with E-state index in [0.29, 0.717) is 31.4 Å². The highest BCUT2D eigenvalue weighted by molar-refractivity contribution is 6.12. The van der Waals surface area contributed by atoms with Gasteiger partial charge in [0.2, 0.25) is 18.1 Å². The lowest BCUT2D eigenvalue weighted by atomic mass is 10.0. The number of ether oxygens (including phenoxy) is 3. The Morgan fingerprint density at radius 1 is 1.05 bits per heavy atom. The van der Waals surface area contributed by atoms with Gasteiger partial charge in [-0.1, -0.05) is 12.5 Å². The van der Waals surface area contributed by atoms with E-state index in [1.165, 1.54) is 25.1 Å². The number of aliphatic hydroxyl groups is 3. The molecule has 230 valence electrons. The quantitative estimate of drug-likeness (QED) is 0.103. The normalized spacial score (nSPS) is 21.8. The molecule has 42 heavy (non-hydrogen) atoms. The summed E-state index contributed by atoms with van der Waals surface area (Å²) in [4.78, 5) is 60.3. The molecule has 0 unspecified atom stereocenters. The van der Waals surface area contributed by atoms with E-state index in [-0.39, 0.29) is 61.6 Å². The number of aliphatic hydroxyl groups excluding tert-OH is 3. The lowest BCUT2D eigenvalue weighted by Crippen LogP contribution is -2.51. The van der Waals surface area contributed by atoms with E-state index in [9.17, 15) is 39.3 Å². The minimum absolute atomic E-state index is 0.0481. The smallest absolute Gasteiger partial charge is 0.302 e. The first-order valence-electron chi connectivity index (χ1n) is 13.7. The molecule has 0 spiro atoms. The van der Waals surface area contributed by atoms with Gasteiger partial charge in [-0.3, -0.25) is 28.9 Å². The van der Waals surface area contributed by atoms with Crippen LogP contribution in [0.1, 0.15) is 51.0 Å². The number of unbranched alkanes of at least 4 members (excludes halogenated alkanes) is 2. The fraction of sp³-hybridized carbons (Fsp3) is 0.536. The summed E-state index contributed by atoms with van der Waals surface area (Å²) in [5.74, 6) is -1.64. The molecule has 0 radical (unpaired) electrons. The average molecular weight is 592 g/mol. The minimum Gasteiger partial charge on any atom is -0.463 e. The van der Waals surface area contributed by atoms with Gasteiger partial charge >= 0.3 is 5.97 Å². The van der Waals surface area contributed by atoms with Crippen molar-refractivity contribution in [1.82, 2.24) is 10.2 Å². The maximum absolute atomic E-state index is 12.7. The van der Waals surface area contributed by atoms with Crippen LogP contribution in [-0.4, -0.2) is 94.1 Å². The number of nitrogens with one attached hydrogen (secondary N) is 2. The van der Waals surface area contributed by atoms with Crippen LogP contribution in [0.3, 0.4) is 0 Å². The molecule has 0 bridgehead atoms. The second-order valence-electron chi connectivity index (χ2n) is 9.93. The highest BCUT2D eigenvalue weighted by Crippen LogP contribution is 2.31. The zero-order chi connectivity index (χ0) is 30.6. The molecular formula is C28H37N3O11. The summed E-state index contributed by atoms with van der Waals surface area (Å²) in [5, 5.41) is 34.8. The Labute approximate surface area is 242 Å². The molecule has 0 aliphatic carbocycles. The molecule has 14 heteroatoms. The van der Waals surface area contributed by atoms with Crippen molar-refractivity contribution in [1.29, 1.82) is 0 Å². The predicted octanol–water partition coefficient (Wildman–Crippen LogP) is -0.112. The van der Waals surface area contributed by atoms with Crippen LogP contribution in [0.2, 0.25) is 0 Å². The third kappa shape index (κ3) is 9.91. The van der Waals surface area contributed by atoms with E-state index < -0.39 is 43.1 Å². The van der Waals surface area contributed by atoms with Crippen molar-refractivity contribution in [2.45, 2.75) is 76.7 Å². The second-order valence-corrected chi connectivity index (χ2v) is 9.93. The molecule has 0 saturated carbocycles. The van der Waals surface area contributed by atoms with Crippen LogP contribution in [0.4, 0.5) is 5.69 Å². The lowest BCUT2D eigenvalue weighted by molar-refractivity contribution is -0.229. The number of carbonyl (C=O) groups is 5. The summed E-state index contributed by atoms with van der Waals surface area (Å²) >= 11 is 0. The highest BCUT2D eigenvalue weighted by Gasteiger charge is 2.37. The van der Waals surface area contributed by atoms with Crippen molar-refractivity contribution in [3.05, 3.63) is 35.9 Å². The monoisotopic (exact) mass is 591 g/mol. The molecule has 0 aromatic heterocycles. The lowest BCUT2D eigenvalue weighted by Gasteiger charge is -2.36. The summed E-state index contributed by atoms with van der Waals surface area (Å²) < 4.78 is 16.4. The largest absolute Gasteiger partial charge is 0.463 e. The van der Waals surface area contributed by atoms with E-state index in [4.69, 9.17) is 14.2 Å². The fourth-order valence-electron chi connectivity index (χ4n) is 4.34. The molecule has 2 heterocycles. The third-order valence-corrected chi connectivity index (χ3v) is 6.59. The van der Waals surface area contributed by atoms with Crippen LogP contribution >= 0.6 is 0 Å².